The summed E-state index contributed by atoms with van der Waals surface area (Å²) in [4.78, 5) is 13.4. The van der Waals surface area contributed by atoms with Gasteiger partial charge in [0, 0.05) is 29.3 Å². The van der Waals surface area contributed by atoms with Crippen LogP contribution in [0.4, 0.5) is 5.69 Å². The Kier molecular flexibility index (Phi) is 3.74. The molecule has 3 aromatic carbocycles. The summed E-state index contributed by atoms with van der Waals surface area (Å²) in [6.07, 6.45) is 1.51. The lowest BCUT2D eigenvalue weighted by molar-refractivity contribution is -0.118. The summed E-state index contributed by atoms with van der Waals surface area (Å²) in [6, 6.07) is 21.4. The Morgan fingerprint density at radius 1 is 0.929 bits per heavy atom. The van der Waals surface area contributed by atoms with E-state index in [0.29, 0.717) is 6.42 Å². The number of carbonyl (C=O) groups is 1. The lowest BCUT2D eigenvalue weighted by atomic mass is 9.67. The Morgan fingerprint density at radius 3 is 2.50 bits per heavy atom. The van der Waals surface area contributed by atoms with E-state index in [1.165, 1.54) is 27.5 Å². The number of nitrogens with one attached hydrogen (secondary N) is 1. The van der Waals surface area contributed by atoms with Gasteiger partial charge in [-0.1, -0.05) is 68.4 Å². The molecule has 1 heterocycles. The molecule has 0 radical (unpaired) electrons. The van der Waals surface area contributed by atoms with E-state index in [4.69, 9.17) is 0 Å². The number of aryl methyl sites for hydroxylation is 1. The number of Topliss-reactive ketones (excluding diaryl/α,β-unsaturated/α-hetero) is 1. The highest BCUT2D eigenvalue weighted by atomic mass is 16.1. The SMILES string of the molecule is Cc1ccccc1C1C2=C(CC(C)(C)CC2=O)Nc2ccc3ccccc3c21. The highest BCUT2D eigenvalue weighted by Crippen LogP contribution is 2.51. The van der Waals surface area contributed by atoms with Crippen molar-refractivity contribution in [3.05, 3.63) is 88.6 Å². The van der Waals surface area contributed by atoms with Gasteiger partial charge in [0.2, 0.25) is 0 Å². The molecular formula is C26H25NO. The monoisotopic (exact) mass is 367 g/mol. The average molecular weight is 367 g/mol. The summed E-state index contributed by atoms with van der Waals surface area (Å²) in [6.45, 7) is 6.53. The number of fused-ring (bicyclic) bond motifs is 3. The molecule has 0 saturated heterocycles. The first-order valence-corrected chi connectivity index (χ1v) is 10.0. The lowest BCUT2D eigenvalue weighted by Crippen LogP contribution is -2.34. The maximum atomic E-state index is 13.4. The largest absolute Gasteiger partial charge is 0.358 e. The van der Waals surface area contributed by atoms with Crippen molar-refractivity contribution >= 4 is 22.2 Å². The summed E-state index contributed by atoms with van der Waals surface area (Å²) < 4.78 is 0. The molecule has 0 bridgehead atoms. The van der Waals surface area contributed by atoms with Crippen LogP contribution in [0.1, 0.15) is 49.3 Å². The molecule has 3 aromatic rings. The quantitative estimate of drug-likeness (QED) is 0.543. The molecule has 1 atom stereocenters. The molecule has 1 unspecified atom stereocenters. The van der Waals surface area contributed by atoms with Crippen molar-refractivity contribution in [1.29, 1.82) is 0 Å². The van der Waals surface area contributed by atoms with Gasteiger partial charge in [0.15, 0.2) is 5.78 Å². The van der Waals surface area contributed by atoms with Gasteiger partial charge in [-0.3, -0.25) is 4.79 Å². The molecule has 140 valence electrons. The van der Waals surface area contributed by atoms with Gasteiger partial charge in [0.1, 0.15) is 0 Å². The number of hydrogen-bond acceptors (Lipinski definition) is 2. The molecule has 5 rings (SSSR count). The van der Waals surface area contributed by atoms with Gasteiger partial charge in [-0.05, 0) is 52.3 Å². The molecule has 2 heteroatoms. The van der Waals surface area contributed by atoms with Crippen LogP contribution in [0.15, 0.2) is 71.9 Å². The van der Waals surface area contributed by atoms with Crippen LogP contribution >= 0.6 is 0 Å². The minimum atomic E-state index is -0.0119. The van der Waals surface area contributed by atoms with Crippen molar-refractivity contribution in [2.75, 3.05) is 5.32 Å². The molecule has 28 heavy (non-hydrogen) atoms. The maximum absolute atomic E-state index is 13.4. The van der Waals surface area contributed by atoms with Gasteiger partial charge in [0.25, 0.3) is 0 Å². The number of allylic oxidation sites excluding steroid dienone is 2. The molecule has 1 N–H and O–H groups in total. The van der Waals surface area contributed by atoms with Crippen molar-refractivity contribution in [2.24, 2.45) is 5.41 Å². The molecule has 0 aromatic heterocycles. The Bertz CT molecular complexity index is 1150. The van der Waals surface area contributed by atoms with Crippen LogP contribution in [0.5, 0.6) is 0 Å². The molecule has 0 saturated carbocycles. The smallest absolute Gasteiger partial charge is 0.162 e. The number of carbonyl (C=O) groups excluding carboxylic acids is 1. The minimum absolute atomic E-state index is 0.00640. The summed E-state index contributed by atoms with van der Waals surface area (Å²) in [5.74, 6) is 0.271. The Morgan fingerprint density at radius 2 is 1.68 bits per heavy atom. The third kappa shape index (κ3) is 2.59. The molecule has 0 amide bonds. The second-order valence-electron chi connectivity index (χ2n) is 9.00. The number of anilines is 1. The summed E-state index contributed by atoms with van der Waals surface area (Å²) in [7, 11) is 0. The topological polar surface area (TPSA) is 29.1 Å². The van der Waals surface area contributed by atoms with Crippen LogP contribution in [0.3, 0.4) is 0 Å². The number of benzene rings is 3. The molecule has 2 aliphatic rings. The first-order valence-electron chi connectivity index (χ1n) is 10.0. The second-order valence-corrected chi connectivity index (χ2v) is 9.00. The standard InChI is InChI=1S/C26H25NO/c1-16-8-4-6-10-18(16)24-23-19-11-7-5-9-17(19)12-13-20(23)27-21-14-26(2,3)15-22(28)25(21)24/h4-13,24,27H,14-15H2,1-3H3. The average Bonchev–Trinajstić information content (AvgIpc) is 2.65. The highest BCUT2D eigenvalue weighted by Gasteiger charge is 2.41. The zero-order valence-corrected chi connectivity index (χ0v) is 16.7. The van der Waals surface area contributed by atoms with E-state index in [-0.39, 0.29) is 17.1 Å². The Labute approximate surface area is 166 Å². The summed E-state index contributed by atoms with van der Waals surface area (Å²) >= 11 is 0. The van der Waals surface area contributed by atoms with Crippen LogP contribution < -0.4 is 5.32 Å². The minimum Gasteiger partial charge on any atom is -0.358 e. The number of rotatable bonds is 1. The maximum Gasteiger partial charge on any atom is 0.162 e. The van der Waals surface area contributed by atoms with Crippen LogP contribution in [-0.4, -0.2) is 5.78 Å². The van der Waals surface area contributed by atoms with Gasteiger partial charge < -0.3 is 5.32 Å². The fraction of sp³-hybridized carbons (Fsp3) is 0.269. The van der Waals surface area contributed by atoms with E-state index in [1.54, 1.807) is 0 Å². The number of hydrogen-bond donors (Lipinski definition) is 1. The van der Waals surface area contributed by atoms with Gasteiger partial charge in [-0.15, -0.1) is 0 Å². The van der Waals surface area contributed by atoms with Gasteiger partial charge in [-0.2, -0.15) is 0 Å². The third-order valence-corrected chi connectivity index (χ3v) is 6.25. The fourth-order valence-electron chi connectivity index (χ4n) is 5.03. The Hall–Kier alpha value is -2.87. The van der Waals surface area contributed by atoms with Crippen LogP contribution in [0.25, 0.3) is 10.8 Å². The van der Waals surface area contributed by atoms with E-state index in [1.807, 2.05) is 0 Å². The van der Waals surface area contributed by atoms with Gasteiger partial charge in [-0.25, -0.2) is 0 Å². The fourth-order valence-corrected chi connectivity index (χ4v) is 5.03. The molecular weight excluding hydrogens is 342 g/mol. The van der Waals surface area contributed by atoms with Crippen molar-refractivity contribution in [2.45, 2.75) is 39.5 Å². The molecule has 0 spiro atoms. The van der Waals surface area contributed by atoms with Crippen LogP contribution in [-0.2, 0) is 4.79 Å². The molecule has 2 nitrogen and oxygen atoms in total. The molecule has 0 fully saturated rings. The number of ketones is 1. The zero-order valence-electron chi connectivity index (χ0n) is 16.7. The van der Waals surface area contributed by atoms with Crippen molar-refractivity contribution in [1.82, 2.24) is 0 Å². The summed E-state index contributed by atoms with van der Waals surface area (Å²) in [5, 5.41) is 6.10. The predicted molar refractivity (Wildman–Crippen MR) is 116 cm³/mol. The zero-order chi connectivity index (χ0) is 19.5. The first kappa shape index (κ1) is 17.2. The van der Waals surface area contributed by atoms with Crippen molar-refractivity contribution in [3.8, 4) is 0 Å². The summed E-state index contributed by atoms with van der Waals surface area (Å²) in [5.41, 5.74) is 6.91. The van der Waals surface area contributed by atoms with E-state index in [0.717, 1.165) is 23.4 Å². The second kappa shape index (κ2) is 6.07. The predicted octanol–water partition coefficient (Wildman–Crippen LogP) is 6.35. The lowest BCUT2D eigenvalue weighted by Gasteiger charge is -2.40. The van der Waals surface area contributed by atoms with Gasteiger partial charge >= 0.3 is 0 Å². The first-order chi connectivity index (χ1) is 13.4. The van der Waals surface area contributed by atoms with Crippen LogP contribution in [0.2, 0.25) is 0 Å². The molecule has 1 aliphatic heterocycles. The van der Waals surface area contributed by atoms with E-state index in [9.17, 15) is 4.79 Å². The Balaban J connectivity index is 1.84. The van der Waals surface area contributed by atoms with E-state index >= 15 is 0 Å². The van der Waals surface area contributed by atoms with E-state index < -0.39 is 0 Å². The normalized spacial score (nSPS) is 20.5. The van der Waals surface area contributed by atoms with Crippen molar-refractivity contribution in [3.63, 3.8) is 0 Å². The third-order valence-electron chi connectivity index (χ3n) is 6.25. The molecule has 1 aliphatic carbocycles. The highest BCUT2D eigenvalue weighted by molar-refractivity contribution is 6.04. The van der Waals surface area contributed by atoms with Crippen molar-refractivity contribution < 1.29 is 4.79 Å². The van der Waals surface area contributed by atoms with E-state index in [2.05, 4.69) is 86.8 Å². The van der Waals surface area contributed by atoms with Crippen LogP contribution in [0, 0.1) is 12.3 Å². The van der Waals surface area contributed by atoms with Gasteiger partial charge in [0.05, 0.1) is 0 Å².